The molecule has 1 aliphatic rings. The minimum Gasteiger partial charge on any atom is -0.295 e. The van der Waals surface area contributed by atoms with Crippen LogP contribution in [0.5, 0.6) is 0 Å². The summed E-state index contributed by atoms with van der Waals surface area (Å²) in [5, 5.41) is -0.484. The van der Waals surface area contributed by atoms with E-state index in [0.717, 1.165) is 0 Å². The summed E-state index contributed by atoms with van der Waals surface area (Å²) < 4.78 is 49.5. The van der Waals surface area contributed by atoms with Gasteiger partial charge in [-0.2, -0.15) is 4.31 Å². The monoisotopic (exact) mass is 345 g/mol. The van der Waals surface area contributed by atoms with Crippen LogP contribution in [0.1, 0.15) is 30.1 Å². The van der Waals surface area contributed by atoms with E-state index in [-0.39, 0.29) is 23.8 Å². The number of rotatable bonds is 4. The van der Waals surface area contributed by atoms with Crippen molar-refractivity contribution in [1.29, 1.82) is 0 Å². The van der Waals surface area contributed by atoms with E-state index in [1.54, 1.807) is 6.07 Å². The predicted octanol–water partition coefficient (Wildman–Crippen LogP) is 1.09. The van der Waals surface area contributed by atoms with E-state index in [0.29, 0.717) is 18.4 Å². The topological polar surface area (TPSA) is 88.6 Å². The van der Waals surface area contributed by atoms with Crippen LogP contribution >= 0.6 is 0 Å². The number of sulfonamides is 1. The molecule has 1 heterocycles. The molecule has 122 valence electrons. The number of carbonyl (C=O) groups is 1. The molecule has 22 heavy (non-hydrogen) atoms. The highest BCUT2D eigenvalue weighted by Crippen LogP contribution is 2.24. The molecule has 0 spiro atoms. The molecular weight excluding hydrogens is 326 g/mol. The number of nitrogens with zero attached hydrogens (tertiary/aromatic N) is 1. The number of carbonyl (C=O) groups excluding carboxylic acids is 1. The first-order valence-corrected chi connectivity index (χ1v) is 10.3. The molecule has 2 rings (SSSR count). The Kier molecular flexibility index (Phi) is 4.74. The quantitative estimate of drug-likeness (QED) is 0.762. The number of Topliss-reactive ketones (excluding diaryl/α,β-unsaturated/α-hetero) is 1. The van der Waals surface area contributed by atoms with Gasteiger partial charge < -0.3 is 0 Å². The number of ketones is 1. The molecule has 1 fully saturated rings. The maximum Gasteiger partial charge on any atom is 0.243 e. The zero-order chi connectivity index (χ0) is 16.5. The third kappa shape index (κ3) is 3.56. The first-order chi connectivity index (χ1) is 10.1. The second-order valence-corrected chi connectivity index (χ2v) is 9.78. The summed E-state index contributed by atoms with van der Waals surface area (Å²) in [6.07, 6.45) is 1.77. The van der Waals surface area contributed by atoms with Gasteiger partial charge in [-0.3, -0.25) is 4.79 Å². The average Bonchev–Trinajstić information content (AvgIpc) is 2.46. The van der Waals surface area contributed by atoms with E-state index in [1.165, 1.54) is 35.7 Å². The summed E-state index contributed by atoms with van der Waals surface area (Å²) in [4.78, 5) is 11.4. The normalized spacial score (nSPS) is 18.3. The molecule has 0 N–H and O–H groups in total. The van der Waals surface area contributed by atoms with Crippen LogP contribution in [0.2, 0.25) is 0 Å². The Morgan fingerprint density at radius 2 is 1.73 bits per heavy atom. The number of hydrogen-bond acceptors (Lipinski definition) is 5. The van der Waals surface area contributed by atoms with Gasteiger partial charge in [-0.15, -0.1) is 0 Å². The lowest BCUT2D eigenvalue weighted by Gasteiger charge is -2.30. The molecule has 1 aromatic carbocycles. The van der Waals surface area contributed by atoms with E-state index in [9.17, 15) is 21.6 Å². The molecule has 0 unspecified atom stereocenters. The maximum atomic E-state index is 12.6. The zero-order valence-corrected chi connectivity index (χ0v) is 14.2. The summed E-state index contributed by atoms with van der Waals surface area (Å²) in [6, 6.07) is 5.91. The Morgan fingerprint density at radius 3 is 2.23 bits per heavy atom. The Balaban J connectivity index is 2.22. The van der Waals surface area contributed by atoms with Gasteiger partial charge in [0.05, 0.1) is 10.1 Å². The van der Waals surface area contributed by atoms with E-state index in [2.05, 4.69) is 0 Å². The Bertz CT molecular complexity index is 775. The molecule has 6 nitrogen and oxygen atoms in total. The van der Waals surface area contributed by atoms with Crippen molar-refractivity contribution in [2.24, 2.45) is 0 Å². The van der Waals surface area contributed by atoms with Crippen LogP contribution in [0.25, 0.3) is 0 Å². The summed E-state index contributed by atoms with van der Waals surface area (Å²) in [5.74, 6) is -0.201. The number of sulfone groups is 1. The molecule has 0 saturated carbocycles. The van der Waals surface area contributed by atoms with E-state index < -0.39 is 25.1 Å². The third-order valence-corrected chi connectivity index (χ3v) is 7.46. The van der Waals surface area contributed by atoms with Gasteiger partial charge in [0.25, 0.3) is 0 Å². The van der Waals surface area contributed by atoms with Crippen LogP contribution in [0.4, 0.5) is 0 Å². The molecule has 8 heteroatoms. The van der Waals surface area contributed by atoms with Crippen molar-refractivity contribution in [3.63, 3.8) is 0 Å². The molecule has 0 radical (unpaired) electrons. The Morgan fingerprint density at radius 1 is 1.14 bits per heavy atom. The molecular formula is C14H19NO5S2. The lowest BCUT2D eigenvalue weighted by atomic mass is 10.2. The maximum absolute atomic E-state index is 12.6. The zero-order valence-electron chi connectivity index (χ0n) is 12.5. The second kappa shape index (κ2) is 6.10. The van der Waals surface area contributed by atoms with Crippen molar-refractivity contribution in [1.82, 2.24) is 4.31 Å². The molecule has 0 bridgehead atoms. The molecule has 0 aromatic heterocycles. The summed E-state index contributed by atoms with van der Waals surface area (Å²) >= 11 is 0. The predicted molar refractivity (Wildman–Crippen MR) is 83.1 cm³/mol. The van der Waals surface area contributed by atoms with Crippen molar-refractivity contribution in [2.45, 2.75) is 29.9 Å². The lowest BCUT2D eigenvalue weighted by molar-refractivity contribution is 0.101. The van der Waals surface area contributed by atoms with Crippen LogP contribution in [-0.4, -0.2) is 51.5 Å². The van der Waals surface area contributed by atoms with Gasteiger partial charge >= 0.3 is 0 Å². The largest absolute Gasteiger partial charge is 0.295 e. The fourth-order valence-corrected chi connectivity index (χ4v) is 5.11. The van der Waals surface area contributed by atoms with Crippen molar-refractivity contribution in [3.8, 4) is 0 Å². The van der Waals surface area contributed by atoms with Crippen LogP contribution in [0.3, 0.4) is 0 Å². The summed E-state index contributed by atoms with van der Waals surface area (Å²) in [7, 11) is -6.84. The van der Waals surface area contributed by atoms with Gasteiger partial charge in [-0.25, -0.2) is 16.8 Å². The molecule has 0 amide bonds. The van der Waals surface area contributed by atoms with Crippen molar-refractivity contribution >= 4 is 25.6 Å². The second-order valence-electron chi connectivity index (χ2n) is 5.52. The smallest absolute Gasteiger partial charge is 0.243 e. The first kappa shape index (κ1) is 17.1. The van der Waals surface area contributed by atoms with Gasteiger partial charge in [0.1, 0.15) is 9.84 Å². The molecule has 1 saturated heterocycles. The lowest BCUT2D eigenvalue weighted by Crippen LogP contribution is -2.42. The van der Waals surface area contributed by atoms with Crippen molar-refractivity contribution < 1.29 is 21.6 Å². The van der Waals surface area contributed by atoms with Gasteiger partial charge in [0, 0.05) is 24.9 Å². The SMILES string of the molecule is CC(=O)c1cccc(S(=O)(=O)N2CCC(S(C)(=O)=O)CC2)c1. The highest BCUT2D eigenvalue weighted by molar-refractivity contribution is 7.91. The van der Waals surface area contributed by atoms with Crippen LogP contribution in [-0.2, 0) is 19.9 Å². The van der Waals surface area contributed by atoms with Crippen LogP contribution in [0, 0.1) is 0 Å². The minimum absolute atomic E-state index is 0.0676. The molecule has 0 aliphatic carbocycles. The fraction of sp³-hybridized carbons (Fsp3) is 0.500. The fourth-order valence-electron chi connectivity index (χ4n) is 2.53. The van der Waals surface area contributed by atoms with Gasteiger partial charge in [0.2, 0.25) is 10.0 Å². The van der Waals surface area contributed by atoms with Gasteiger partial charge in [-0.05, 0) is 31.9 Å². The molecule has 1 aliphatic heterocycles. The highest BCUT2D eigenvalue weighted by Gasteiger charge is 2.33. The molecule has 0 atom stereocenters. The number of piperidine rings is 1. The van der Waals surface area contributed by atoms with E-state index in [4.69, 9.17) is 0 Å². The van der Waals surface area contributed by atoms with E-state index >= 15 is 0 Å². The summed E-state index contributed by atoms with van der Waals surface area (Å²) in [6.45, 7) is 1.72. The Hall–Kier alpha value is -1.25. The van der Waals surface area contributed by atoms with Crippen molar-refractivity contribution in [2.75, 3.05) is 19.3 Å². The van der Waals surface area contributed by atoms with Gasteiger partial charge in [-0.1, -0.05) is 12.1 Å². The van der Waals surface area contributed by atoms with E-state index in [1.807, 2.05) is 0 Å². The Labute approximate surface area is 131 Å². The highest BCUT2D eigenvalue weighted by atomic mass is 32.2. The average molecular weight is 345 g/mol. The minimum atomic E-state index is -3.70. The van der Waals surface area contributed by atoms with Crippen molar-refractivity contribution in [3.05, 3.63) is 29.8 Å². The molecule has 1 aromatic rings. The first-order valence-electron chi connectivity index (χ1n) is 6.92. The van der Waals surface area contributed by atoms with Crippen LogP contribution < -0.4 is 0 Å². The van der Waals surface area contributed by atoms with Gasteiger partial charge in [0.15, 0.2) is 5.78 Å². The number of hydrogen-bond donors (Lipinski definition) is 0. The third-order valence-electron chi connectivity index (χ3n) is 3.88. The summed E-state index contributed by atoms with van der Waals surface area (Å²) in [5.41, 5.74) is 0.340. The standard InChI is InChI=1S/C14H19NO5S2/c1-11(16)12-4-3-5-14(10-12)22(19,20)15-8-6-13(7-9-15)21(2,17)18/h3-5,10,13H,6-9H2,1-2H3. The number of benzene rings is 1. The van der Waals surface area contributed by atoms with Crippen LogP contribution in [0.15, 0.2) is 29.2 Å².